The molecule has 118 valence electrons. The maximum Gasteiger partial charge on any atom is 0.308 e. The van der Waals surface area contributed by atoms with Crippen molar-refractivity contribution in [1.29, 1.82) is 0 Å². The fourth-order valence-corrected chi connectivity index (χ4v) is 3.78. The normalized spacial score (nSPS) is 23.3. The second-order valence-electron chi connectivity index (χ2n) is 7.68. The molecule has 0 radical (unpaired) electrons. The van der Waals surface area contributed by atoms with E-state index >= 15 is 0 Å². The van der Waals surface area contributed by atoms with Crippen LogP contribution in [0.1, 0.15) is 60.3 Å². The molecule has 0 bridgehead atoms. The second kappa shape index (κ2) is 6.90. The average Bonchev–Trinajstić information content (AvgIpc) is 2.22. The molecule has 0 aromatic carbocycles. The monoisotopic (exact) mass is 285 g/mol. The van der Waals surface area contributed by atoms with E-state index in [9.17, 15) is 9.90 Å². The van der Waals surface area contributed by atoms with Crippen LogP contribution in [0.3, 0.4) is 0 Å². The summed E-state index contributed by atoms with van der Waals surface area (Å²) < 4.78 is 4.84. The van der Waals surface area contributed by atoms with Gasteiger partial charge in [-0.2, -0.15) is 0 Å². The van der Waals surface area contributed by atoms with Gasteiger partial charge < -0.3 is 15.2 Å². The zero-order valence-corrected chi connectivity index (χ0v) is 13.7. The molecule has 0 saturated heterocycles. The Balaban J connectivity index is 2.39. The van der Waals surface area contributed by atoms with Crippen molar-refractivity contribution in [3.8, 4) is 0 Å². The summed E-state index contributed by atoms with van der Waals surface area (Å²) in [5, 5.41) is 13.3. The number of rotatable bonds is 6. The standard InChI is InChI=1S/C16H31NO3/c1-6-20-14(19)7-13(18)10-17-12-8-15(2,3)11-16(4,5)9-12/h12-13,17-18H,6-11H2,1-5H3. The molecule has 0 aromatic heterocycles. The van der Waals surface area contributed by atoms with Gasteiger partial charge in [0.1, 0.15) is 0 Å². The molecular formula is C16H31NO3. The molecule has 0 heterocycles. The van der Waals surface area contributed by atoms with Gasteiger partial charge in [0.25, 0.3) is 0 Å². The first-order valence-corrected chi connectivity index (χ1v) is 7.71. The number of carbonyl (C=O) groups excluding carboxylic acids is 1. The molecule has 0 aromatic rings. The second-order valence-corrected chi connectivity index (χ2v) is 7.68. The van der Waals surface area contributed by atoms with E-state index in [4.69, 9.17) is 4.74 Å². The Hall–Kier alpha value is -0.610. The molecule has 1 fully saturated rings. The third-order valence-corrected chi connectivity index (χ3v) is 3.90. The number of aliphatic hydroxyl groups is 1. The summed E-state index contributed by atoms with van der Waals surface area (Å²) in [4.78, 5) is 11.3. The Morgan fingerprint density at radius 1 is 1.30 bits per heavy atom. The third kappa shape index (κ3) is 6.23. The maximum absolute atomic E-state index is 11.3. The predicted octanol–water partition coefficient (Wildman–Crippen LogP) is 2.50. The van der Waals surface area contributed by atoms with E-state index in [0.29, 0.717) is 30.0 Å². The number of carbonyl (C=O) groups is 1. The molecule has 4 heteroatoms. The molecule has 4 nitrogen and oxygen atoms in total. The summed E-state index contributed by atoms with van der Waals surface area (Å²) in [5.41, 5.74) is 0.650. The van der Waals surface area contributed by atoms with E-state index in [1.165, 1.54) is 6.42 Å². The third-order valence-electron chi connectivity index (χ3n) is 3.90. The molecule has 0 amide bonds. The lowest BCUT2D eigenvalue weighted by Crippen LogP contribution is -2.46. The minimum absolute atomic E-state index is 0.0698. The quantitative estimate of drug-likeness (QED) is 0.736. The lowest BCUT2D eigenvalue weighted by molar-refractivity contribution is -0.145. The molecule has 1 saturated carbocycles. The summed E-state index contributed by atoms with van der Waals surface area (Å²) in [5.74, 6) is -0.328. The number of ether oxygens (including phenoxy) is 1. The van der Waals surface area contributed by atoms with Crippen LogP contribution >= 0.6 is 0 Å². The largest absolute Gasteiger partial charge is 0.466 e. The highest BCUT2D eigenvalue weighted by Crippen LogP contribution is 2.45. The van der Waals surface area contributed by atoms with Crippen LogP contribution in [-0.2, 0) is 9.53 Å². The number of esters is 1. The number of hydrogen-bond donors (Lipinski definition) is 2. The fourth-order valence-electron chi connectivity index (χ4n) is 3.78. The van der Waals surface area contributed by atoms with Gasteiger partial charge in [0, 0.05) is 12.6 Å². The van der Waals surface area contributed by atoms with Crippen LogP contribution in [-0.4, -0.2) is 36.4 Å². The van der Waals surface area contributed by atoms with E-state index in [1.807, 2.05) is 0 Å². The van der Waals surface area contributed by atoms with E-state index in [2.05, 4.69) is 33.0 Å². The van der Waals surface area contributed by atoms with Gasteiger partial charge in [-0.3, -0.25) is 4.79 Å². The van der Waals surface area contributed by atoms with Gasteiger partial charge >= 0.3 is 5.97 Å². The van der Waals surface area contributed by atoms with Gasteiger partial charge in [-0.1, -0.05) is 27.7 Å². The summed E-state index contributed by atoms with van der Waals surface area (Å²) in [6, 6.07) is 0.408. The van der Waals surface area contributed by atoms with Crippen molar-refractivity contribution >= 4 is 5.97 Å². The van der Waals surface area contributed by atoms with Gasteiger partial charge in [0.2, 0.25) is 0 Å². The van der Waals surface area contributed by atoms with Gasteiger partial charge in [0.15, 0.2) is 0 Å². The molecule has 0 spiro atoms. The Kier molecular flexibility index (Phi) is 6.02. The van der Waals surface area contributed by atoms with E-state index in [1.54, 1.807) is 6.92 Å². The smallest absolute Gasteiger partial charge is 0.308 e. The first-order chi connectivity index (χ1) is 9.13. The highest BCUT2D eigenvalue weighted by Gasteiger charge is 2.38. The van der Waals surface area contributed by atoms with Crippen LogP contribution < -0.4 is 5.32 Å². The molecule has 20 heavy (non-hydrogen) atoms. The Morgan fingerprint density at radius 2 is 1.85 bits per heavy atom. The van der Waals surface area contributed by atoms with Crippen LogP contribution in [0.2, 0.25) is 0 Å². The van der Waals surface area contributed by atoms with Crippen LogP contribution in [0.4, 0.5) is 0 Å². The van der Waals surface area contributed by atoms with E-state index < -0.39 is 6.10 Å². The SMILES string of the molecule is CCOC(=O)CC(O)CNC1CC(C)(C)CC(C)(C)C1. The molecule has 1 aliphatic rings. The van der Waals surface area contributed by atoms with E-state index in [0.717, 1.165) is 12.8 Å². The van der Waals surface area contributed by atoms with Crippen molar-refractivity contribution in [2.24, 2.45) is 10.8 Å². The highest BCUT2D eigenvalue weighted by molar-refractivity contribution is 5.69. The van der Waals surface area contributed by atoms with Crippen molar-refractivity contribution in [3.05, 3.63) is 0 Å². The van der Waals surface area contributed by atoms with E-state index in [-0.39, 0.29) is 12.4 Å². The lowest BCUT2D eigenvalue weighted by Gasteiger charge is -2.45. The summed E-state index contributed by atoms with van der Waals surface area (Å²) in [7, 11) is 0. The molecule has 1 aliphatic carbocycles. The zero-order valence-electron chi connectivity index (χ0n) is 13.7. The molecule has 0 aliphatic heterocycles. The van der Waals surface area contributed by atoms with Gasteiger partial charge in [-0.05, 0) is 37.0 Å². The Bertz CT molecular complexity index is 310. The number of aliphatic hydroxyl groups excluding tert-OH is 1. The first-order valence-electron chi connectivity index (χ1n) is 7.71. The summed E-state index contributed by atoms with van der Waals surface area (Å²) >= 11 is 0. The first kappa shape index (κ1) is 17.4. The van der Waals surface area contributed by atoms with Gasteiger partial charge in [0.05, 0.1) is 19.1 Å². The van der Waals surface area contributed by atoms with Crippen molar-refractivity contribution < 1.29 is 14.6 Å². The summed E-state index contributed by atoms with van der Waals surface area (Å²) in [6.45, 7) is 11.8. The molecule has 1 atom stereocenters. The number of hydrogen-bond acceptors (Lipinski definition) is 4. The Morgan fingerprint density at radius 3 is 2.35 bits per heavy atom. The molecule has 1 unspecified atom stereocenters. The van der Waals surface area contributed by atoms with Crippen LogP contribution in [0.5, 0.6) is 0 Å². The van der Waals surface area contributed by atoms with Crippen molar-refractivity contribution in [2.45, 2.75) is 72.4 Å². The maximum atomic E-state index is 11.3. The van der Waals surface area contributed by atoms with Crippen LogP contribution in [0, 0.1) is 10.8 Å². The van der Waals surface area contributed by atoms with Crippen molar-refractivity contribution in [1.82, 2.24) is 5.32 Å². The fraction of sp³-hybridized carbons (Fsp3) is 0.938. The lowest BCUT2D eigenvalue weighted by atomic mass is 9.63. The number of nitrogens with one attached hydrogen (secondary N) is 1. The van der Waals surface area contributed by atoms with Gasteiger partial charge in [-0.15, -0.1) is 0 Å². The van der Waals surface area contributed by atoms with Crippen LogP contribution in [0.25, 0.3) is 0 Å². The average molecular weight is 285 g/mol. The van der Waals surface area contributed by atoms with Crippen molar-refractivity contribution in [3.63, 3.8) is 0 Å². The minimum atomic E-state index is -0.665. The Labute approximate surface area is 123 Å². The summed E-state index contributed by atoms with van der Waals surface area (Å²) in [6.07, 6.45) is 2.86. The van der Waals surface area contributed by atoms with Crippen molar-refractivity contribution in [2.75, 3.05) is 13.2 Å². The topological polar surface area (TPSA) is 58.6 Å². The molecule has 1 rings (SSSR count). The molecular weight excluding hydrogens is 254 g/mol. The minimum Gasteiger partial charge on any atom is -0.466 e. The highest BCUT2D eigenvalue weighted by atomic mass is 16.5. The zero-order chi connectivity index (χ0) is 15.4. The van der Waals surface area contributed by atoms with Gasteiger partial charge in [-0.25, -0.2) is 0 Å². The predicted molar refractivity (Wildman–Crippen MR) is 80.5 cm³/mol. The molecule has 2 N–H and O–H groups in total. The van der Waals surface area contributed by atoms with Crippen LogP contribution in [0.15, 0.2) is 0 Å².